The van der Waals surface area contributed by atoms with E-state index in [-0.39, 0.29) is 17.7 Å². The number of amides is 2. The van der Waals surface area contributed by atoms with Gasteiger partial charge in [0.25, 0.3) is 0 Å². The first kappa shape index (κ1) is 26.6. The van der Waals surface area contributed by atoms with E-state index < -0.39 is 0 Å². The Balaban J connectivity index is 1.44. The molecule has 2 amide bonds. The van der Waals surface area contributed by atoms with Crippen molar-refractivity contribution in [1.29, 1.82) is 0 Å². The van der Waals surface area contributed by atoms with E-state index in [1.54, 1.807) is 18.2 Å². The maximum atomic E-state index is 13.4. The quantitative estimate of drug-likeness (QED) is 0.212. The molecule has 0 bridgehead atoms. The minimum Gasteiger partial charge on any atom is -0.397 e. The van der Waals surface area contributed by atoms with Crippen LogP contribution in [0.5, 0.6) is 0 Å². The van der Waals surface area contributed by atoms with Gasteiger partial charge in [-0.2, -0.15) is 0 Å². The Labute approximate surface area is 227 Å². The van der Waals surface area contributed by atoms with Crippen molar-refractivity contribution in [2.75, 3.05) is 30.0 Å². The van der Waals surface area contributed by atoms with E-state index in [9.17, 15) is 9.59 Å². The van der Waals surface area contributed by atoms with Gasteiger partial charge in [-0.15, -0.1) is 0 Å². The zero-order valence-electron chi connectivity index (χ0n) is 21.0. The van der Waals surface area contributed by atoms with Crippen LogP contribution in [0.25, 0.3) is 6.08 Å². The molecule has 0 aliphatic carbocycles. The highest BCUT2D eigenvalue weighted by atomic mass is 79.9. The Morgan fingerprint density at radius 1 is 1.05 bits per heavy atom. The topological polar surface area (TPSA) is 87.5 Å². The fourth-order valence-corrected chi connectivity index (χ4v) is 4.98. The second-order valence-electron chi connectivity index (χ2n) is 9.48. The molecule has 2 unspecified atom stereocenters. The average molecular weight is 562 g/mol. The van der Waals surface area contributed by atoms with Gasteiger partial charge in [0, 0.05) is 22.3 Å². The number of hydrogen-bond donors (Lipinski definition) is 3. The van der Waals surface area contributed by atoms with Crippen molar-refractivity contribution < 1.29 is 9.59 Å². The molecule has 2 atom stereocenters. The Kier molecular flexibility index (Phi) is 9.14. The van der Waals surface area contributed by atoms with Crippen molar-refractivity contribution in [1.82, 2.24) is 4.90 Å². The summed E-state index contributed by atoms with van der Waals surface area (Å²) in [4.78, 5) is 28.1. The molecule has 0 saturated carbocycles. The SMILES string of the molecule is CN1CCCC1CCC(C(=O)Nc1ccc(Br)cc1)c1ccc(C=CC(=O)Nc2ccccc2N)cc1. The van der Waals surface area contributed by atoms with Crippen LogP contribution >= 0.6 is 15.9 Å². The highest BCUT2D eigenvalue weighted by Crippen LogP contribution is 2.29. The number of halogens is 1. The molecule has 1 saturated heterocycles. The monoisotopic (exact) mass is 560 g/mol. The molecule has 3 aromatic carbocycles. The number of nitrogens with two attached hydrogens (primary N) is 1. The zero-order valence-corrected chi connectivity index (χ0v) is 22.6. The van der Waals surface area contributed by atoms with Crippen molar-refractivity contribution >= 4 is 50.9 Å². The van der Waals surface area contributed by atoms with Gasteiger partial charge in [-0.1, -0.05) is 52.3 Å². The molecule has 1 fully saturated rings. The van der Waals surface area contributed by atoms with Gasteiger partial charge in [0.05, 0.1) is 17.3 Å². The van der Waals surface area contributed by atoms with Crippen molar-refractivity contribution in [3.8, 4) is 0 Å². The number of benzene rings is 3. The second kappa shape index (κ2) is 12.7. The molecular weight excluding hydrogens is 528 g/mol. The number of carbonyl (C=O) groups is 2. The van der Waals surface area contributed by atoms with Crippen molar-refractivity contribution in [3.63, 3.8) is 0 Å². The van der Waals surface area contributed by atoms with Crippen LogP contribution in [0.2, 0.25) is 0 Å². The molecule has 1 aliphatic rings. The summed E-state index contributed by atoms with van der Waals surface area (Å²) in [5.74, 6) is -0.527. The molecule has 0 aromatic heterocycles. The predicted molar refractivity (Wildman–Crippen MR) is 155 cm³/mol. The van der Waals surface area contributed by atoms with E-state index in [0.29, 0.717) is 17.4 Å². The Morgan fingerprint density at radius 3 is 2.46 bits per heavy atom. The number of rotatable bonds is 9. The number of carbonyl (C=O) groups excluding carboxylic acids is 2. The number of anilines is 3. The van der Waals surface area contributed by atoms with Gasteiger partial charge < -0.3 is 21.3 Å². The van der Waals surface area contributed by atoms with Gasteiger partial charge in [-0.05, 0) is 92.9 Å². The number of nitrogens with zero attached hydrogens (tertiary/aromatic N) is 1. The van der Waals surface area contributed by atoms with Gasteiger partial charge in [0.1, 0.15) is 0 Å². The number of nitrogen functional groups attached to an aromatic ring is 1. The summed E-state index contributed by atoms with van der Waals surface area (Å²) in [6, 6.07) is 23.1. The lowest BCUT2D eigenvalue weighted by molar-refractivity contribution is -0.117. The summed E-state index contributed by atoms with van der Waals surface area (Å²) in [6.07, 6.45) is 7.37. The van der Waals surface area contributed by atoms with Crippen LogP contribution in [0.1, 0.15) is 42.7 Å². The van der Waals surface area contributed by atoms with Crippen molar-refractivity contribution in [2.45, 2.75) is 37.6 Å². The molecule has 4 N–H and O–H groups in total. The first-order valence-electron chi connectivity index (χ1n) is 12.6. The van der Waals surface area contributed by atoms with Crippen LogP contribution in [-0.2, 0) is 9.59 Å². The van der Waals surface area contributed by atoms with E-state index in [1.165, 1.54) is 18.9 Å². The molecule has 1 heterocycles. The number of nitrogens with one attached hydrogen (secondary N) is 2. The molecule has 1 aliphatic heterocycles. The first-order valence-corrected chi connectivity index (χ1v) is 13.4. The third-order valence-corrected chi connectivity index (χ3v) is 7.40. The van der Waals surface area contributed by atoms with E-state index in [1.807, 2.05) is 60.7 Å². The fraction of sp³-hybridized carbons (Fsp3) is 0.267. The van der Waals surface area contributed by atoms with Crippen LogP contribution in [0, 0.1) is 0 Å². The smallest absolute Gasteiger partial charge is 0.248 e. The average Bonchev–Trinajstić information content (AvgIpc) is 3.31. The summed E-state index contributed by atoms with van der Waals surface area (Å²) < 4.78 is 0.968. The molecule has 192 valence electrons. The van der Waals surface area contributed by atoms with E-state index in [4.69, 9.17) is 5.73 Å². The number of para-hydroxylation sites is 2. The molecule has 7 heteroatoms. The summed E-state index contributed by atoms with van der Waals surface area (Å²) in [5.41, 5.74) is 9.62. The van der Waals surface area contributed by atoms with Gasteiger partial charge >= 0.3 is 0 Å². The highest BCUT2D eigenvalue weighted by Gasteiger charge is 2.26. The Bertz CT molecular complexity index is 1240. The van der Waals surface area contributed by atoms with Gasteiger partial charge in [-0.25, -0.2) is 0 Å². The summed E-state index contributed by atoms with van der Waals surface area (Å²) in [5, 5.41) is 5.87. The molecular formula is C30H33BrN4O2. The van der Waals surface area contributed by atoms with Crippen molar-refractivity contribution in [2.24, 2.45) is 0 Å². The molecule has 37 heavy (non-hydrogen) atoms. The molecule has 6 nitrogen and oxygen atoms in total. The Hall–Kier alpha value is -3.42. The third kappa shape index (κ3) is 7.54. The minimum atomic E-state index is -0.264. The van der Waals surface area contributed by atoms with E-state index in [2.05, 4.69) is 38.5 Å². The predicted octanol–water partition coefficient (Wildman–Crippen LogP) is 6.28. The number of hydrogen-bond acceptors (Lipinski definition) is 4. The summed E-state index contributed by atoms with van der Waals surface area (Å²) in [7, 11) is 2.16. The molecule has 0 radical (unpaired) electrons. The lowest BCUT2D eigenvalue weighted by Crippen LogP contribution is -2.27. The summed E-state index contributed by atoms with van der Waals surface area (Å²) in [6.45, 7) is 1.12. The Morgan fingerprint density at radius 2 is 1.78 bits per heavy atom. The van der Waals surface area contributed by atoms with Crippen LogP contribution in [-0.4, -0.2) is 36.3 Å². The van der Waals surface area contributed by atoms with Crippen LogP contribution in [0.3, 0.4) is 0 Å². The maximum absolute atomic E-state index is 13.4. The van der Waals surface area contributed by atoms with Gasteiger partial charge in [0.15, 0.2) is 0 Å². The van der Waals surface area contributed by atoms with Crippen molar-refractivity contribution in [3.05, 3.63) is 94.5 Å². The van der Waals surface area contributed by atoms with Gasteiger partial charge in [0.2, 0.25) is 11.8 Å². The highest BCUT2D eigenvalue weighted by molar-refractivity contribution is 9.10. The summed E-state index contributed by atoms with van der Waals surface area (Å²) >= 11 is 3.44. The first-order chi connectivity index (χ1) is 17.9. The van der Waals surface area contributed by atoms with Gasteiger partial charge in [-0.3, -0.25) is 9.59 Å². The van der Waals surface area contributed by atoms with Crippen LogP contribution in [0.4, 0.5) is 17.1 Å². The zero-order chi connectivity index (χ0) is 26.2. The molecule has 4 rings (SSSR count). The van der Waals surface area contributed by atoms with Crippen LogP contribution in [0.15, 0.2) is 83.3 Å². The minimum absolute atomic E-state index is 0.00825. The largest absolute Gasteiger partial charge is 0.397 e. The lowest BCUT2D eigenvalue weighted by atomic mass is 9.90. The fourth-order valence-electron chi connectivity index (χ4n) is 4.71. The maximum Gasteiger partial charge on any atom is 0.248 e. The van der Waals surface area contributed by atoms with Crippen LogP contribution < -0.4 is 16.4 Å². The second-order valence-corrected chi connectivity index (χ2v) is 10.4. The standard InChI is InChI=1S/C30H33BrN4O2/c1-35-20-4-5-25(35)17-18-26(30(37)33-24-15-13-23(31)14-16-24)22-11-8-21(9-12-22)10-19-29(36)34-28-7-3-2-6-27(28)32/h2-3,6-16,19,25-26H,4-5,17-18,20,32H2,1H3,(H,33,37)(H,34,36). The van der Waals surface area contributed by atoms with E-state index in [0.717, 1.165) is 40.7 Å². The molecule has 0 spiro atoms. The third-order valence-electron chi connectivity index (χ3n) is 6.87. The van der Waals surface area contributed by atoms with E-state index >= 15 is 0 Å². The number of likely N-dealkylation sites (tertiary alicyclic amines) is 1. The normalized spacial score (nSPS) is 16.5. The molecule has 3 aromatic rings. The lowest BCUT2D eigenvalue weighted by Gasteiger charge is -2.23.